The molecule has 0 aliphatic carbocycles. The predicted octanol–water partition coefficient (Wildman–Crippen LogP) is 1.60. The zero-order valence-corrected chi connectivity index (χ0v) is 14.3. The molecule has 2 aromatic heterocycles. The number of aryl methyl sites for hydroxylation is 1. The zero-order valence-electron chi connectivity index (χ0n) is 14.3. The van der Waals surface area contributed by atoms with Gasteiger partial charge in [0.25, 0.3) is 5.91 Å². The third-order valence-corrected chi connectivity index (χ3v) is 4.71. The summed E-state index contributed by atoms with van der Waals surface area (Å²) >= 11 is 0. The Balaban J connectivity index is 1.57. The Kier molecular flexibility index (Phi) is 4.31. The van der Waals surface area contributed by atoms with Crippen LogP contribution in [-0.2, 0) is 4.74 Å². The molecule has 0 spiro atoms. The van der Waals surface area contributed by atoms with E-state index < -0.39 is 0 Å². The summed E-state index contributed by atoms with van der Waals surface area (Å²) in [6, 6.07) is 5.61. The summed E-state index contributed by atoms with van der Waals surface area (Å²) in [5, 5.41) is 0. The van der Waals surface area contributed by atoms with Crippen molar-refractivity contribution in [3.05, 3.63) is 47.7 Å². The minimum atomic E-state index is 0.00791. The van der Waals surface area contributed by atoms with E-state index in [0.717, 1.165) is 43.4 Å². The largest absolute Gasteiger partial charge is 0.378 e. The van der Waals surface area contributed by atoms with E-state index in [-0.39, 0.29) is 11.9 Å². The number of nitrogens with zero attached hydrogens (tertiary/aromatic N) is 5. The summed E-state index contributed by atoms with van der Waals surface area (Å²) in [5.74, 6) is 1.67. The van der Waals surface area contributed by atoms with E-state index in [9.17, 15) is 4.79 Å². The molecule has 0 bridgehead atoms. The molecule has 2 aromatic rings. The van der Waals surface area contributed by atoms with Gasteiger partial charge in [0.05, 0.1) is 30.5 Å². The summed E-state index contributed by atoms with van der Waals surface area (Å²) in [7, 11) is 0. The lowest BCUT2D eigenvalue weighted by Gasteiger charge is -2.41. The van der Waals surface area contributed by atoms with E-state index in [4.69, 9.17) is 4.74 Å². The molecule has 1 amide bonds. The molecule has 25 heavy (non-hydrogen) atoms. The average molecular weight is 339 g/mol. The van der Waals surface area contributed by atoms with E-state index in [1.54, 1.807) is 24.5 Å². The molecular weight excluding hydrogens is 318 g/mol. The van der Waals surface area contributed by atoms with Crippen LogP contribution in [0.25, 0.3) is 0 Å². The van der Waals surface area contributed by atoms with Gasteiger partial charge in [-0.1, -0.05) is 0 Å². The van der Waals surface area contributed by atoms with Gasteiger partial charge in [0, 0.05) is 38.1 Å². The number of amides is 1. The molecule has 130 valence electrons. The van der Waals surface area contributed by atoms with Crippen molar-refractivity contribution in [1.29, 1.82) is 0 Å². The van der Waals surface area contributed by atoms with Crippen molar-refractivity contribution in [2.24, 2.45) is 0 Å². The van der Waals surface area contributed by atoms with Crippen LogP contribution in [0.4, 0.5) is 5.82 Å². The first kappa shape index (κ1) is 16.0. The van der Waals surface area contributed by atoms with Crippen LogP contribution in [0.1, 0.15) is 34.3 Å². The quantitative estimate of drug-likeness (QED) is 0.846. The fraction of sp³-hybridized carbons (Fsp3) is 0.444. The van der Waals surface area contributed by atoms with E-state index in [1.807, 2.05) is 17.9 Å². The van der Waals surface area contributed by atoms with Crippen LogP contribution >= 0.6 is 0 Å². The minimum Gasteiger partial charge on any atom is -0.378 e. The average Bonchev–Trinajstić information content (AvgIpc) is 2.62. The standard InChI is InChI=1S/C18H21N5O2/c1-13-20-15(11-17(21-13)22-7-9-25-10-8-22)16-4-6-23(16)18(24)14-3-2-5-19-12-14/h2-3,5,11-12,16H,4,6-10H2,1H3/t16-/m0/s1. The van der Waals surface area contributed by atoms with Crippen molar-refractivity contribution in [2.45, 2.75) is 19.4 Å². The maximum absolute atomic E-state index is 12.7. The van der Waals surface area contributed by atoms with Crippen LogP contribution in [0.3, 0.4) is 0 Å². The van der Waals surface area contributed by atoms with Gasteiger partial charge in [-0.25, -0.2) is 9.97 Å². The molecule has 7 heteroatoms. The van der Waals surface area contributed by atoms with Crippen molar-refractivity contribution in [1.82, 2.24) is 19.9 Å². The van der Waals surface area contributed by atoms with Gasteiger partial charge >= 0.3 is 0 Å². The SMILES string of the molecule is Cc1nc([C@@H]2CCN2C(=O)c2cccnc2)cc(N2CCOCC2)n1. The number of likely N-dealkylation sites (tertiary alicyclic amines) is 1. The number of aromatic nitrogens is 3. The first-order valence-corrected chi connectivity index (χ1v) is 8.61. The number of morpholine rings is 1. The second kappa shape index (κ2) is 6.76. The Bertz CT molecular complexity index is 761. The maximum Gasteiger partial charge on any atom is 0.255 e. The number of rotatable bonds is 3. The number of hydrogen-bond acceptors (Lipinski definition) is 6. The molecule has 2 fully saturated rings. The van der Waals surface area contributed by atoms with Crippen molar-refractivity contribution >= 4 is 11.7 Å². The molecule has 4 heterocycles. The van der Waals surface area contributed by atoms with Crippen molar-refractivity contribution in [3.8, 4) is 0 Å². The molecule has 0 saturated carbocycles. The monoisotopic (exact) mass is 339 g/mol. The third kappa shape index (κ3) is 3.19. The van der Waals surface area contributed by atoms with Gasteiger partial charge in [0.2, 0.25) is 0 Å². The number of pyridine rings is 1. The highest BCUT2D eigenvalue weighted by molar-refractivity contribution is 5.94. The van der Waals surface area contributed by atoms with Gasteiger partial charge in [0.1, 0.15) is 11.6 Å². The molecule has 0 N–H and O–H groups in total. The van der Waals surface area contributed by atoms with Gasteiger partial charge in [-0.15, -0.1) is 0 Å². The number of hydrogen-bond donors (Lipinski definition) is 0. The van der Waals surface area contributed by atoms with Crippen LogP contribution < -0.4 is 4.90 Å². The minimum absolute atomic E-state index is 0.00791. The van der Waals surface area contributed by atoms with Crippen LogP contribution in [0, 0.1) is 6.92 Å². The second-order valence-corrected chi connectivity index (χ2v) is 6.34. The lowest BCUT2D eigenvalue weighted by atomic mass is 9.97. The molecule has 1 atom stereocenters. The number of anilines is 1. The number of ether oxygens (including phenoxy) is 1. The Labute approximate surface area is 146 Å². The molecule has 0 aromatic carbocycles. The lowest BCUT2D eigenvalue weighted by Crippen LogP contribution is -2.45. The Morgan fingerprint density at radius 1 is 1.24 bits per heavy atom. The fourth-order valence-electron chi connectivity index (χ4n) is 3.29. The summed E-state index contributed by atoms with van der Waals surface area (Å²) in [6.07, 6.45) is 4.21. The second-order valence-electron chi connectivity index (χ2n) is 6.34. The van der Waals surface area contributed by atoms with Crippen LogP contribution in [0.15, 0.2) is 30.6 Å². The van der Waals surface area contributed by atoms with Gasteiger partial charge in [-0.05, 0) is 25.5 Å². The number of carbonyl (C=O) groups is 1. The topological polar surface area (TPSA) is 71.5 Å². The van der Waals surface area contributed by atoms with Crippen LogP contribution in [0.5, 0.6) is 0 Å². The molecule has 0 radical (unpaired) electrons. The Morgan fingerprint density at radius 2 is 2.08 bits per heavy atom. The summed E-state index contributed by atoms with van der Waals surface area (Å²) in [6.45, 7) is 5.74. The van der Waals surface area contributed by atoms with Gasteiger partial charge in [-0.3, -0.25) is 9.78 Å². The molecule has 2 aliphatic heterocycles. The zero-order chi connectivity index (χ0) is 17.2. The van der Waals surface area contributed by atoms with Crippen molar-refractivity contribution in [2.75, 3.05) is 37.7 Å². The van der Waals surface area contributed by atoms with Gasteiger partial charge in [0.15, 0.2) is 0 Å². The fourth-order valence-corrected chi connectivity index (χ4v) is 3.29. The van der Waals surface area contributed by atoms with E-state index in [2.05, 4.69) is 19.9 Å². The van der Waals surface area contributed by atoms with Crippen molar-refractivity contribution in [3.63, 3.8) is 0 Å². The van der Waals surface area contributed by atoms with Gasteiger partial charge < -0.3 is 14.5 Å². The molecular formula is C18H21N5O2. The highest BCUT2D eigenvalue weighted by Gasteiger charge is 2.35. The van der Waals surface area contributed by atoms with Crippen LogP contribution in [-0.4, -0.2) is 58.6 Å². The predicted molar refractivity (Wildman–Crippen MR) is 92.4 cm³/mol. The summed E-state index contributed by atoms with van der Waals surface area (Å²) < 4.78 is 5.42. The van der Waals surface area contributed by atoms with Gasteiger partial charge in [-0.2, -0.15) is 0 Å². The first-order valence-electron chi connectivity index (χ1n) is 8.61. The maximum atomic E-state index is 12.7. The summed E-state index contributed by atoms with van der Waals surface area (Å²) in [5.41, 5.74) is 1.53. The molecule has 2 saturated heterocycles. The van der Waals surface area contributed by atoms with Crippen molar-refractivity contribution < 1.29 is 9.53 Å². The highest BCUT2D eigenvalue weighted by Crippen LogP contribution is 2.34. The first-order chi connectivity index (χ1) is 12.2. The molecule has 0 unspecified atom stereocenters. The smallest absolute Gasteiger partial charge is 0.255 e. The third-order valence-electron chi connectivity index (χ3n) is 4.71. The summed E-state index contributed by atoms with van der Waals surface area (Å²) in [4.78, 5) is 30.0. The molecule has 4 rings (SSSR count). The highest BCUT2D eigenvalue weighted by atomic mass is 16.5. The lowest BCUT2D eigenvalue weighted by molar-refractivity contribution is 0.0450. The Morgan fingerprint density at radius 3 is 2.76 bits per heavy atom. The van der Waals surface area contributed by atoms with E-state index in [0.29, 0.717) is 18.8 Å². The van der Waals surface area contributed by atoms with Crippen LogP contribution in [0.2, 0.25) is 0 Å². The van der Waals surface area contributed by atoms with E-state index >= 15 is 0 Å². The number of carbonyl (C=O) groups excluding carboxylic acids is 1. The van der Waals surface area contributed by atoms with E-state index in [1.165, 1.54) is 0 Å². The Hall–Kier alpha value is -2.54. The molecule has 7 nitrogen and oxygen atoms in total. The normalized spacial score (nSPS) is 20.3. The molecule has 2 aliphatic rings.